The predicted molar refractivity (Wildman–Crippen MR) is 73.5 cm³/mol. The Bertz CT molecular complexity index is 659. The minimum atomic E-state index is 1.06. The molecule has 0 fully saturated rings. The van der Waals surface area contributed by atoms with Gasteiger partial charge in [-0.15, -0.1) is 10.2 Å². The second kappa shape index (κ2) is 5.27. The third-order valence-corrected chi connectivity index (χ3v) is 2.71. The molecule has 19 heavy (non-hydrogen) atoms. The lowest BCUT2D eigenvalue weighted by molar-refractivity contribution is 0.553. The first-order valence-electron chi connectivity index (χ1n) is 5.87. The van der Waals surface area contributed by atoms with Gasteiger partial charge < -0.3 is 4.42 Å². The summed E-state index contributed by atoms with van der Waals surface area (Å²) in [6.07, 6.45) is 2.53. The molecule has 0 saturated heterocycles. The van der Waals surface area contributed by atoms with Gasteiger partial charge in [-0.1, -0.05) is 36.4 Å². The fraction of sp³-hybridized carbons (Fsp3) is 0. The molecule has 0 spiro atoms. The Morgan fingerprint density at radius 2 is 1.21 bits per heavy atom. The van der Waals surface area contributed by atoms with Crippen LogP contribution in [0.2, 0.25) is 0 Å². The summed E-state index contributed by atoms with van der Waals surface area (Å²) in [5, 5.41) is 9.01. The third kappa shape index (κ3) is 2.57. The Kier molecular flexibility index (Phi) is 3.14. The molecule has 0 amide bonds. The molecule has 0 N–H and O–H groups in total. The standard InChI is InChI=1S/C13H9N.C2H2N2O/c1-3-7-12-10(5-1)9-11-6-2-4-8-13(11)14-12;1-3-4-2-5-1/h1-9H;1-2H. The van der Waals surface area contributed by atoms with Crippen LogP contribution >= 0.6 is 0 Å². The summed E-state index contributed by atoms with van der Waals surface area (Å²) in [4.78, 5) is 4.58. The van der Waals surface area contributed by atoms with Crippen LogP contribution in [0, 0.1) is 0 Å². The molecule has 0 saturated carbocycles. The largest absolute Gasteiger partial charge is 0.431 e. The van der Waals surface area contributed by atoms with Crippen LogP contribution < -0.4 is 0 Å². The Morgan fingerprint density at radius 3 is 1.68 bits per heavy atom. The monoisotopic (exact) mass is 249 g/mol. The number of para-hydroxylation sites is 2. The molecule has 0 atom stereocenters. The molecule has 2 aromatic heterocycles. The first-order chi connectivity index (χ1) is 9.43. The van der Waals surface area contributed by atoms with Crippen molar-refractivity contribution in [1.82, 2.24) is 15.2 Å². The summed E-state index contributed by atoms with van der Waals surface area (Å²) < 4.78 is 4.36. The van der Waals surface area contributed by atoms with Gasteiger partial charge in [0.05, 0.1) is 11.0 Å². The molecule has 0 aliphatic heterocycles. The van der Waals surface area contributed by atoms with Crippen molar-refractivity contribution in [3.8, 4) is 0 Å². The first-order valence-corrected chi connectivity index (χ1v) is 5.87. The molecule has 0 unspecified atom stereocenters. The van der Waals surface area contributed by atoms with Crippen molar-refractivity contribution < 1.29 is 4.42 Å². The summed E-state index contributed by atoms with van der Waals surface area (Å²) in [5.74, 6) is 0. The average molecular weight is 249 g/mol. The SMILES string of the molecule is c1ccc2nc3ccccc3cc2c1.c1nnco1. The number of benzene rings is 2. The zero-order valence-corrected chi connectivity index (χ0v) is 10.1. The van der Waals surface area contributed by atoms with E-state index in [1.165, 1.54) is 23.6 Å². The van der Waals surface area contributed by atoms with Gasteiger partial charge in [0.1, 0.15) is 0 Å². The molecule has 2 aromatic carbocycles. The topological polar surface area (TPSA) is 51.8 Å². The van der Waals surface area contributed by atoms with Crippen LogP contribution in [0.15, 0.2) is 71.8 Å². The fourth-order valence-corrected chi connectivity index (χ4v) is 1.86. The maximum Gasteiger partial charge on any atom is 0.203 e. The quantitative estimate of drug-likeness (QED) is 0.448. The zero-order valence-electron chi connectivity index (χ0n) is 10.1. The number of fused-ring (bicyclic) bond motifs is 2. The van der Waals surface area contributed by atoms with Crippen molar-refractivity contribution in [1.29, 1.82) is 0 Å². The minimum Gasteiger partial charge on any atom is -0.431 e. The van der Waals surface area contributed by atoms with Gasteiger partial charge in [-0.2, -0.15) is 0 Å². The number of nitrogens with zero attached hydrogens (tertiary/aromatic N) is 3. The van der Waals surface area contributed by atoms with Gasteiger partial charge in [0.25, 0.3) is 0 Å². The van der Waals surface area contributed by atoms with Crippen LogP contribution in [0.4, 0.5) is 0 Å². The van der Waals surface area contributed by atoms with Gasteiger partial charge >= 0.3 is 0 Å². The van der Waals surface area contributed by atoms with Crippen molar-refractivity contribution in [3.05, 3.63) is 67.4 Å². The summed E-state index contributed by atoms with van der Waals surface area (Å²) >= 11 is 0. The van der Waals surface area contributed by atoms with E-state index in [4.69, 9.17) is 0 Å². The summed E-state index contributed by atoms with van der Waals surface area (Å²) in [6, 6.07) is 18.6. The van der Waals surface area contributed by atoms with Crippen LogP contribution in [-0.2, 0) is 0 Å². The fourth-order valence-electron chi connectivity index (χ4n) is 1.86. The number of aromatic nitrogens is 3. The maximum atomic E-state index is 4.58. The molecular weight excluding hydrogens is 238 g/mol. The normalized spacial score (nSPS) is 10.1. The molecular formula is C15H11N3O. The van der Waals surface area contributed by atoms with Crippen molar-refractivity contribution in [2.75, 3.05) is 0 Å². The van der Waals surface area contributed by atoms with E-state index in [0.29, 0.717) is 0 Å². The summed E-state index contributed by atoms with van der Waals surface area (Å²) in [7, 11) is 0. The van der Waals surface area contributed by atoms with Crippen molar-refractivity contribution in [2.45, 2.75) is 0 Å². The first kappa shape index (κ1) is 11.3. The van der Waals surface area contributed by atoms with Crippen molar-refractivity contribution in [2.24, 2.45) is 0 Å². The van der Waals surface area contributed by atoms with Gasteiger partial charge in [-0.25, -0.2) is 4.98 Å². The lowest BCUT2D eigenvalue weighted by Crippen LogP contribution is -1.80. The van der Waals surface area contributed by atoms with E-state index < -0.39 is 0 Å². The highest BCUT2D eigenvalue weighted by molar-refractivity contribution is 5.92. The number of hydrogen-bond donors (Lipinski definition) is 0. The van der Waals surface area contributed by atoms with Gasteiger partial charge in [0.15, 0.2) is 0 Å². The van der Waals surface area contributed by atoms with Gasteiger partial charge in [-0.05, 0) is 18.2 Å². The molecule has 92 valence electrons. The summed E-state index contributed by atoms with van der Waals surface area (Å²) in [6.45, 7) is 0. The molecule has 0 aliphatic rings. The van der Waals surface area contributed by atoms with E-state index in [1.54, 1.807) is 0 Å². The number of rotatable bonds is 0. The van der Waals surface area contributed by atoms with Crippen molar-refractivity contribution in [3.63, 3.8) is 0 Å². The minimum absolute atomic E-state index is 1.06. The molecule has 2 heterocycles. The van der Waals surface area contributed by atoms with Crippen LogP contribution in [0.5, 0.6) is 0 Å². The average Bonchev–Trinajstić information content (AvgIpc) is 3.04. The highest BCUT2D eigenvalue weighted by Gasteiger charge is 1.96. The zero-order chi connectivity index (χ0) is 12.9. The van der Waals surface area contributed by atoms with E-state index in [0.717, 1.165) is 11.0 Å². The maximum absolute atomic E-state index is 4.58. The Morgan fingerprint density at radius 1 is 0.684 bits per heavy atom. The number of pyridine rings is 1. The lowest BCUT2D eigenvalue weighted by Gasteiger charge is -1.99. The molecule has 4 heteroatoms. The van der Waals surface area contributed by atoms with Crippen LogP contribution in [0.1, 0.15) is 0 Å². The molecule has 4 nitrogen and oxygen atoms in total. The van der Waals surface area contributed by atoms with E-state index in [9.17, 15) is 0 Å². The molecule has 4 aromatic rings. The Labute approximate surface area is 109 Å². The van der Waals surface area contributed by atoms with Crippen molar-refractivity contribution >= 4 is 21.8 Å². The van der Waals surface area contributed by atoms with E-state index in [2.05, 4.69) is 37.8 Å². The van der Waals surface area contributed by atoms with Crippen LogP contribution in [0.25, 0.3) is 21.8 Å². The molecule has 0 radical (unpaired) electrons. The van der Waals surface area contributed by atoms with Crippen LogP contribution in [0.3, 0.4) is 0 Å². The second-order valence-electron chi connectivity index (χ2n) is 3.95. The highest BCUT2D eigenvalue weighted by atomic mass is 16.3. The van der Waals surface area contributed by atoms with Gasteiger partial charge in [-0.3, -0.25) is 0 Å². The Balaban J connectivity index is 0.000000187. The number of hydrogen-bond acceptors (Lipinski definition) is 4. The smallest absolute Gasteiger partial charge is 0.203 e. The molecule has 4 rings (SSSR count). The van der Waals surface area contributed by atoms with E-state index >= 15 is 0 Å². The lowest BCUT2D eigenvalue weighted by atomic mass is 10.1. The van der Waals surface area contributed by atoms with E-state index in [-0.39, 0.29) is 0 Å². The van der Waals surface area contributed by atoms with E-state index in [1.807, 2.05) is 36.4 Å². The second-order valence-corrected chi connectivity index (χ2v) is 3.95. The Hall–Kier alpha value is -2.75. The van der Waals surface area contributed by atoms with Crippen LogP contribution in [-0.4, -0.2) is 15.2 Å². The summed E-state index contributed by atoms with van der Waals surface area (Å²) in [5.41, 5.74) is 2.12. The molecule has 0 aliphatic carbocycles. The van der Waals surface area contributed by atoms with Gasteiger partial charge in [0.2, 0.25) is 12.8 Å². The van der Waals surface area contributed by atoms with Gasteiger partial charge in [0, 0.05) is 10.8 Å². The highest BCUT2D eigenvalue weighted by Crippen LogP contribution is 2.18. The predicted octanol–water partition coefficient (Wildman–Crippen LogP) is 3.46. The molecule has 0 bridgehead atoms. The third-order valence-electron chi connectivity index (χ3n) is 2.71.